The molecule has 1 aromatic carbocycles. The van der Waals surface area contributed by atoms with Gasteiger partial charge in [0.15, 0.2) is 5.69 Å². The number of aromatic nitrogens is 5. The summed E-state index contributed by atoms with van der Waals surface area (Å²) in [7, 11) is 0. The molecule has 0 spiro atoms. The van der Waals surface area contributed by atoms with Crippen molar-refractivity contribution in [3.63, 3.8) is 0 Å². The average Bonchev–Trinajstić information content (AvgIpc) is 3.51. The number of anilines is 1. The van der Waals surface area contributed by atoms with E-state index in [1.54, 1.807) is 0 Å². The molecule has 0 amide bonds. The third kappa shape index (κ3) is 6.13. The van der Waals surface area contributed by atoms with Crippen LogP contribution in [0.3, 0.4) is 0 Å². The highest BCUT2D eigenvalue weighted by molar-refractivity contribution is 5.59. The van der Waals surface area contributed by atoms with Crippen molar-refractivity contribution in [2.75, 3.05) is 24.6 Å². The van der Waals surface area contributed by atoms with Crippen molar-refractivity contribution in [1.82, 2.24) is 24.9 Å². The van der Waals surface area contributed by atoms with E-state index in [-0.39, 0.29) is 23.6 Å². The van der Waals surface area contributed by atoms with Gasteiger partial charge in [-0.1, -0.05) is 5.16 Å². The molecule has 1 unspecified atom stereocenters. The maximum absolute atomic E-state index is 12.4. The predicted molar refractivity (Wildman–Crippen MR) is 133 cm³/mol. The zero-order valence-corrected chi connectivity index (χ0v) is 21.0. The van der Waals surface area contributed by atoms with Gasteiger partial charge in [-0.05, 0) is 74.7 Å². The van der Waals surface area contributed by atoms with Gasteiger partial charge >= 0.3 is 6.36 Å². The number of aryl methyl sites for hydroxylation is 1. The molecule has 3 aromatic heterocycles. The molecule has 1 aliphatic heterocycles. The number of nitrogens with zero attached hydrogens (tertiary/aromatic N) is 6. The van der Waals surface area contributed by atoms with E-state index in [1.165, 1.54) is 24.3 Å². The van der Waals surface area contributed by atoms with Gasteiger partial charge < -0.3 is 18.9 Å². The first kappa shape index (κ1) is 25.7. The monoisotopic (exact) mass is 528 g/mol. The van der Waals surface area contributed by atoms with Gasteiger partial charge in [0, 0.05) is 37.2 Å². The average molecular weight is 529 g/mol. The highest BCUT2D eigenvalue weighted by atomic mass is 19.4. The minimum atomic E-state index is -4.75. The summed E-state index contributed by atoms with van der Waals surface area (Å²) in [6.07, 6.45) is -0.593. The van der Waals surface area contributed by atoms with Crippen molar-refractivity contribution in [3.8, 4) is 28.7 Å². The highest BCUT2D eigenvalue weighted by Gasteiger charge is 2.31. The molecule has 1 saturated heterocycles. The van der Waals surface area contributed by atoms with E-state index in [4.69, 9.17) is 9.26 Å². The molecule has 0 radical (unpaired) electrons. The lowest BCUT2D eigenvalue weighted by molar-refractivity contribution is -0.274. The van der Waals surface area contributed by atoms with E-state index in [0.29, 0.717) is 24.4 Å². The lowest BCUT2D eigenvalue weighted by Crippen LogP contribution is -2.40. The summed E-state index contributed by atoms with van der Waals surface area (Å²) >= 11 is 0. The van der Waals surface area contributed by atoms with Crippen LogP contribution in [0.1, 0.15) is 31.0 Å². The first-order chi connectivity index (χ1) is 18.3. The number of pyridine rings is 1. The molecule has 1 aliphatic rings. The Morgan fingerprint density at radius 3 is 2.71 bits per heavy atom. The molecule has 38 heavy (non-hydrogen) atoms. The predicted octanol–water partition coefficient (Wildman–Crippen LogP) is 5.26. The number of piperidine rings is 1. The van der Waals surface area contributed by atoms with Gasteiger partial charge in [0.1, 0.15) is 11.6 Å². The van der Waals surface area contributed by atoms with Crippen LogP contribution >= 0.6 is 0 Å². The Hall–Kier alpha value is -3.93. The zero-order chi connectivity index (χ0) is 26.7. The van der Waals surface area contributed by atoms with Crippen molar-refractivity contribution in [3.05, 3.63) is 59.9 Å². The lowest BCUT2D eigenvalue weighted by atomic mass is 10.1. The Morgan fingerprint density at radius 1 is 1.13 bits per heavy atom. The minimum absolute atomic E-state index is 0.211. The van der Waals surface area contributed by atoms with Crippen LogP contribution in [-0.4, -0.2) is 57.1 Å². The molecule has 1 fully saturated rings. The van der Waals surface area contributed by atoms with Crippen LogP contribution in [0.4, 0.5) is 19.0 Å². The van der Waals surface area contributed by atoms with Crippen LogP contribution in [0.15, 0.2) is 53.2 Å². The maximum atomic E-state index is 12.4. The minimum Gasteiger partial charge on any atom is -0.406 e. The van der Waals surface area contributed by atoms with E-state index in [1.807, 2.05) is 36.9 Å². The second-order valence-electron chi connectivity index (χ2n) is 9.01. The summed E-state index contributed by atoms with van der Waals surface area (Å²) < 4.78 is 54.1. The molecule has 200 valence electrons. The molecule has 0 N–H and O–H groups in total. The summed E-state index contributed by atoms with van der Waals surface area (Å²) in [6, 6.07) is 11.1. The van der Waals surface area contributed by atoms with Crippen LogP contribution in [0, 0.1) is 6.92 Å². The Balaban J connectivity index is 1.28. The highest BCUT2D eigenvalue weighted by Crippen LogP contribution is 2.27. The Bertz CT molecular complexity index is 1370. The molecule has 4 heterocycles. The summed E-state index contributed by atoms with van der Waals surface area (Å²) in [5.41, 5.74) is 2.95. The molecule has 4 aromatic rings. The van der Waals surface area contributed by atoms with Crippen LogP contribution < -0.4 is 9.64 Å². The Kier molecular flexibility index (Phi) is 7.32. The summed E-state index contributed by atoms with van der Waals surface area (Å²) in [5.74, 6) is 1.04. The summed E-state index contributed by atoms with van der Waals surface area (Å²) in [6.45, 7) is 6.97. The SMILES string of the molecule is CCOC1CCCN(c2cc(Cn3nc(-c4nc(-c5ccc(OC(F)(F)F)cc5)no4)cc3C)ccn2)C1. The number of rotatable bonds is 8. The van der Waals surface area contributed by atoms with Gasteiger partial charge in [0.25, 0.3) is 5.89 Å². The van der Waals surface area contributed by atoms with Crippen LogP contribution in [0.2, 0.25) is 0 Å². The number of halogens is 3. The second-order valence-corrected chi connectivity index (χ2v) is 9.01. The van der Waals surface area contributed by atoms with Crippen LogP contribution in [0.5, 0.6) is 5.75 Å². The van der Waals surface area contributed by atoms with E-state index in [2.05, 4.69) is 35.9 Å². The van der Waals surface area contributed by atoms with Gasteiger partial charge in [-0.15, -0.1) is 13.2 Å². The number of benzene rings is 1. The fourth-order valence-electron chi connectivity index (χ4n) is 4.45. The molecule has 0 aliphatic carbocycles. The lowest BCUT2D eigenvalue weighted by Gasteiger charge is -2.33. The van der Waals surface area contributed by atoms with Crippen molar-refractivity contribution in [1.29, 1.82) is 0 Å². The number of hydrogen-bond donors (Lipinski definition) is 0. The van der Waals surface area contributed by atoms with E-state index >= 15 is 0 Å². The quantitative estimate of drug-likeness (QED) is 0.306. The number of alkyl halides is 3. The number of hydrogen-bond acceptors (Lipinski definition) is 8. The maximum Gasteiger partial charge on any atom is 0.573 e. The number of ether oxygens (including phenoxy) is 2. The topological polar surface area (TPSA) is 91.3 Å². The summed E-state index contributed by atoms with van der Waals surface area (Å²) in [5, 5.41) is 8.59. The molecular formula is C26H27F3N6O3. The van der Waals surface area contributed by atoms with Gasteiger partial charge in [0.2, 0.25) is 5.82 Å². The molecule has 9 nitrogen and oxygen atoms in total. The van der Waals surface area contributed by atoms with Gasteiger partial charge in [-0.25, -0.2) is 4.98 Å². The first-order valence-corrected chi connectivity index (χ1v) is 12.3. The van der Waals surface area contributed by atoms with E-state index < -0.39 is 6.36 Å². The fourth-order valence-corrected chi connectivity index (χ4v) is 4.45. The molecule has 0 saturated carbocycles. The molecule has 0 bridgehead atoms. The van der Waals surface area contributed by atoms with Gasteiger partial charge in [0.05, 0.1) is 12.6 Å². The van der Waals surface area contributed by atoms with Crippen molar-refractivity contribution in [2.45, 2.75) is 45.7 Å². The fraction of sp³-hybridized carbons (Fsp3) is 0.385. The Labute approximate surface area is 217 Å². The normalized spacial score (nSPS) is 16.1. The third-order valence-corrected chi connectivity index (χ3v) is 6.22. The van der Waals surface area contributed by atoms with Gasteiger partial charge in [-0.3, -0.25) is 4.68 Å². The van der Waals surface area contributed by atoms with Crippen LogP contribution in [-0.2, 0) is 11.3 Å². The van der Waals surface area contributed by atoms with Crippen LogP contribution in [0.25, 0.3) is 23.0 Å². The van der Waals surface area contributed by atoms with Gasteiger partial charge in [-0.2, -0.15) is 10.1 Å². The third-order valence-electron chi connectivity index (χ3n) is 6.22. The molecule has 12 heteroatoms. The summed E-state index contributed by atoms with van der Waals surface area (Å²) in [4.78, 5) is 11.2. The van der Waals surface area contributed by atoms with E-state index in [0.717, 1.165) is 43.0 Å². The zero-order valence-electron chi connectivity index (χ0n) is 21.0. The first-order valence-electron chi connectivity index (χ1n) is 12.3. The molecular weight excluding hydrogens is 501 g/mol. The largest absolute Gasteiger partial charge is 0.573 e. The standard InChI is InChI=1S/C26H27F3N6O3/c1-3-36-21-5-4-12-34(16-21)23-14-18(10-11-30-23)15-35-17(2)13-22(32-35)25-31-24(33-38-25)19-6-8-20(9-7-19)37-26(27,28)29/h6-11,13-14,21H,3-5,12,15-16H2,1-2H3. The molecule has 5 rings (SSSR count). The second kappa shape index (κ2) is 10.8. The Morgan fingerprint density at radius 2 is 1.95 bits per heavy atom. The smallest absolute Gasteiger partial charge is 0.406 e. The van der Waals surface area contributed by atoms with Crippen molar-refractivity contribution >= 4 is 5.82 Å². The van der Waals surface area contributed by atoms with E-state index in [9.17, 15) is 13.2 Å². The van der Waals surface area contributed by atoms with Crippen molar-refractivity contribution in [2.24, 2.45) is 0 Å². The van der Waals surface area contributed by atoms with Crippen molar-refractivity contribution < 1.29 is 27.2 Å². The molecule has 1 atom stereocenters.